The van der Waals surface area contributed by atoms with E-state index >= 15 is 0 Å². The summed E-state index contributed by atoms with van der Waals surface area (Å²) in [7, 11) is 0. The molecule has 1 fully saturated rings. The lowest BCUT2D eigenvalue weighted by Crippen LogP contribution is -2.33. The molecule has 112 valence electrons. The molecule has 0 spiro atoms. The predicted octanol–water partition coefficient (Wildman–Crippen LogP) is 1.71. The van der Waals surface area contributed by atoms with E-state index in [0.29, 0.717) is 13.2 Å². The van der Waals surface area contributed by atoms with Crippen molar-refractivity contribution in [3.63, 3.8) is 0 Å². The Bertz CT molecular complexity index is 550. The number of rotatable bonds is 6. The molecule has 0 bridgehead atoms. The maximum Gasteiger partial charge on any atom is 0.145 e. The molecule has 2 heterocycles. The van der Waals surface area contributed by atoms with E-state index in [0.717, 1.165) is 24.5 Å². The molecule has 3 rings (SSSR count). The van der Waals surface area contributed by atoms with Crippen LogP contribution in [0, 0.1) is 0 Å². The van der Waals surface area contributed by atoms with Gasteiger partial charge >= 0.3 is 0 Å². The Kier molecular flexibility index (Phi) is 4.52. The van der Waals surface area contributed by atoms with Gasteiger partial charge in [0.1, 0.15) is 24.1 Å². The highest BCUT2D eigenvalue weighted by atomic mass is 16.5. The minimum absolute atomic E-state index is 0.300. The smallest absolute Gasteiger partial charge is 0.145 e. The number of hydrogen-bond donors (Lipinski definition) is 1. The fourth-order valence-electron chi connectivity index (χ4n) is 2.68. The first-order valence-corrected chi connectivity index (χ1v) is 7.45. The zero-order valence-corrected chi connectivity index (χ0v) is 12.1. The van der Waals surface area contributed by atoms with E-state index in [1.165, 1.54) is 12.8 Å². The Morgan fingerprint density at radius 2 is 2.00 bits per heavy atom. The van der Waals surface area contributed by atoms with Crippen LogP contribution in [-0.4, -0.2) is 52.1 Å². The molecule has 5 heteroatoms. The number of aliphatic hydroxyl groups is 1. The van der Waals surface area contributed by atoms with Crippen molar-refractivity contribution in [2.24, 2.45) is 0 Å². The lowest BCUT2D eigenvalue weighted by atomic mass is 10.3. The molecule has 1 aromatic heterocycles. The molecular formula is C16H21N3O2. The number of hydrogen-bond acceptors (Lipinski definition) is 4. The van der Waals surface area contributed by atoms with E-state index in [1.807, 2.05) is 36.5 Å². The third-order valence-corrected chi connectivity index (χ3v) is 3.72. The molecule has 0 saturated carbocycles. The van der Waals surface area contributed by atoms with Crippen molar-refractivity contribution in [2.45, 2.75) is 18.9 Å². The molecule has 1 aliphatic heterocycles. The second-order valence-electron chi connectivity index (χ2n) is 5.39. The maximum absolute atomic E-state index is 10.1. The third kappa shape index (κ3) is 3.62. The van der Waals surface area contributed by atoms with Crippen LogP contribution >= 0.6 is 0 Å². The highest BCUT2D eigenvalue weighted by Gasteiger charge is 2.16. The summed E-state index contributed by atoms with van der Waals surface area (Å²) in [5.41, 5.74) is 0.885. The van der Waals surface area contributed by atoms with Crippen LogP contribution in [0.15, 0.2) is 42.7 Å². The van der Waals surface area contributed by atoms with Gasteiger partial charge in [0.05, 0.1) is 0 Å². The minimum atomic E-state index is -0.464. The molecule has 0 radical (unpaired) electrons. The third-order valence-electron chi connectivity index (χ3n) is 3.72. The van der Waals surface area contributed by atoms with Crippen LogP contribution in [-0.2, 0) is 0 Å². The number of benzene rings is 1. The largest absolute Gasteiger partial charge is 0.489 e. The minimum Gasteiger partial charge on any atom is -0.489 e. The van der Waals surface area contributed by atoms with Crippen LogP contribution in [0.2, 0.25) is 0 Å². The fourth-order valence-corrected chi connectivity index (χ4v) is 2.68. The normalized spacial score (nSPS) is 17.0. The van der Waals surface area contributed by atoms with Crippen molar-refractivity contribution in [1.82, 2.24) is 14.7 Å². The van der Waals surface area contributed by atoms with Gasteiger partial charge in [-0.15, -0.1) is 0 Å². The summed E-state index contributed by atoms with van der Waals surface area (Å²) in [6.45, 7) is 3.15. The topological polar surface area (TPSA) is 50.5 Å². The highest BCUT2D eigenvalue weighted by molar-refractivity contribution is 5.45. The molecule has 2 aromatic rings. The number of para-hydroxylation sites is 2. The van der Waals surface area contributed by atoms with E-state index in [1.54, 1.807) is 10.9 Å². The molecule has 21 heavy (non-hydrogen) atoms. The van der Waals surface area contributed by atoms with Crippen molar-refractivity contribution in [3.8, 4) is 11.4 Å². The van der Waals surface area contributed by atoms with Crippen LogP contribution in [0.4, 0.5) is 0 Å². The SMILES string of the molecule is O[C@@H](COc1ccccc1-n1cccn1)CN1CCCC1. The summed E-state index contributed by atoms with van der Waals surface area (Å²) in [4.78, 5) is 2.29. The second kappa shape index (κ2) is 6.74. The Morgan fingerprint density at radius 3 is 2.76 bits per heavy atom. The average molecular weight is 287 g/mol. The summed E-state index contributed by atoms with van der Waals surface area (Å²) < 4.78 is 7.56. The quantitative estimate of drug-likeness (QED) is 0.879. The first-order valence-electron chi connectivity index (χ1n) is 7.45. The van der Waals surface area contributed by atoms with Crippen LogP contribution < -0.4 is 4.74 Å². The summed E-state index contributed by atoms with van der Waals surface area (Å²) in [5, 5.41) is 14.3. The van der Waals surface area contributed by atoms with Crippen molar-refractivity contribution in [2.75, 3.05) is 26.2 Å². The molecule has 0 amide bonds. The zero-order valence-electron chi connectivity index (χ0n) is 12.1. The van der Waals surface area contributed by atoms with E-state index < -0.39 is 6.10 Å². The molecule has 1 N–H and O–H groups in total. The van der Waals surface area contributed by atoms with Gasteiger partial charge in [0.25, 0.3) is 0 Å². The van der Waals surface area contributed by atoms with Gasteiger partial charge in [-0.05, 0) is 44.1 Å². The zero-order chi connectivity index (χ0) is 14.5. The number of aliphatic hydroxyl groups excluding tert-OH is 1. The summed E-state index contributed by atoms with van der Waals surface area (Å²) in [6, 6.07) is 9.60. The fraction of sp³-hybridized carbons (Fsp3) is 0.438. The van der Waals surface area contributed by atoms with Gasteiger partial charge in [-0.25, -0.2) is 4.68 Å². The molecule has 1 saturated heterocycles. The first kappa shape index (κ1) is 14.1. The van der Waals surface area contributed by atoms with Crippen molar-refractivity contribution >= 4 is 0 Å². The molecule has 5 nitrogen and oxygen atoms in total. The van der Waals surface area contributed by atoms with E-state index in [2.05, 4.69) is 10.00 Å². The Morgan fingerprint density at radius 1 is 1.19 bits per heavy atom. The number of ether oxygens (including phenoxy) is 1. The Balaban J connectivity index is 1.60. The monoisotopic (exact) mass is 287 g/mol. The lowest BCUT2D eigenvalue weighted by Gasteiger charge is -2.20. The number of nitrogens with zero attached hydrogens (tertiary/aromatic N) is 3. The van der Waals surface area contributed by atoms with Gasteiger partial charge in [-0.2, -0.15) is 5.10 Å². The van der Waals surface area contributed by atoms with Crippen molar-refractivity contribution in [3.05, 3.63) is 42.7 Å². The first-order chi connectivity index (χ1) is 10.3. The summed E-state index contributed by atoms with van der Waals surface area (Å²) >= 11 is 0. The van der Waals surface area contributed by atoms with Crippen LogP contribution in [0.3, 0.4) is 0 Å². The van der Waals surface area contributed by atoms with Gasteiger partial charge < -0.3 is 14.7 Å². The molecular weight excluding hydrogens is 266 g/mol. The van der Waals surface area contributed by atoms with Crippen LogP contribution in [0.5, 0.6) is 5.75 Å². The molecule has 0 unspecified atom stereocenters. The van der Waals surface area contributed by atoms with E-state index in [-0.39, 0.29) is 0 Å². The van der Waals surface area contributed by atoms with Crippen molar-refractivity contribution < 1.29 is 9.84 Å². The van der Waals surface area contributed by atoms with Gasteiger partial charge in [0.2, 0.25) is 0 Å². The Labute approximate surface area is 124 Å². The molecule has 1 atom stereocenters. The second-order valence-corrected chi connectivity index (χ2v) is 5.39. The van der Waals surface area contributed by atoms with Crippen LogP contribution in [0.25, 0.3) is 5.69 Å². The van der Waals surface area contributed by atoms with E-state index in [9.17, 15) is 5.11 Å². The highest BCUT2D eigenvalue weighted by Crippen LogP contribution is 2.21. The van der Waals surface area contributed by atoms with Gasteiger partial charge in [0, 0.05) is 18.9 Å². The number of β-amino-alcohol motifs (C(OH)–C–C–N with tert-alkyl or cyclic N) is 1. The van der Waals surface area contributed by atoms with Gasteiger partial charge in [-0.3, -0.25) is 0 Å². The lowest BCUT2D eigenvalue weighted by molar-refractivity contribution is 0.0758. The van der Waals surface area contributed by atoms with Gasteiger partial charge in [0.15, 0.2) is 0 Å². The average Bonchev–Trinajstić information content (AvgIpc) is 3.18. The molecule has 0 aliphatic carbocycles. The number of aromatic nitrogens is 2. The standard InChI is InChI=1S/C16H21N3O2/c20-14(12-18-9-3-4-10-18)13-21-16-7-2-1-6-15(16)19-11-5-8-17-19/h1-2,5-8,11,14,20H,3-4,9-10,12-13H2/t14-/m1/s1. The molecule has 1 aliphatic rings. The maximum atomic E-state index is 10.1. The number of likely N-dealkylation sites (tertiary alicyclic amines) is 1. The van der Waals surface area contributed by atoms with Gasteiger partial charge in [-0.1, -0.05) is 12.1 Å². The predicted molar refractivity (Wildman–Crippen MR) is 80.7 cm³/mol. The summed E-state index contributed by atoms with van der Waals surface area (Å²) in [6.07, 6.45) is 5.61. The van der Waals surface area contributed by atoms with E-state index in [4.69, 9.17) is 4.74 Å². The Hall–Kier alpha value is -1.85. The molecule has 1 aromatic carbocycles. The van der Waals surface area contributed by atoms with Crippen LogP contribution in [0.1, 0.15) is 12.8 Å². The van der Waals surface area contributed by atoms with Crippen molar-refractivity contribution in [1.29, 1.82) is 0 Å². The summed E-state index contributed by atoms with van der Waals surface area (Å²) in [5.74, 6) is 0.738.